The highest BCUT2D eigenvalue weighted by molar-refractivity contribution is 5.68. The Hall–Kier alpha value is -2.57. The predicted molar refractivity (Wildman–Crippen MR) is 69.1 cm³/mol. The highest BCUT2D eigenvalue weighted by Gasteiger charge is 2.33. The van der Waals surface area contributed by atoms with Gasteiger partial charge in [0.1, 0.15) is 5.69 Å². The minimum Gasteiger partial charge on any atom is -0.318 e. The number of alkyl halides is 3. The summed E-state index contributed by atoms with van der Waals surface area (Å²) in [6.45, 7) is 0. The topological polar surface area (TPSA) is 46.4 Å². The third-order valence-corrected chi connectivity index (χ3v) is 2.60. The van der Waals surface area contributed by atoms with E-state index >= 15 is 0 Å². The van der Waals surface area contributed by atoms with E-state index in [-0.39, 0.29) is 7.11 Å². The first-order valence-electron chi connectivity index (χ1n) is 5.55. The van der Waals surface area contributed by atoms with Gasteiger partial charge in [-0.25, -0.2) is 0 Å². The van der Waals surface area contributed by atoms with E-state index in [4.69, 9.17) is 0 Å². The van der Waals surface area contributed by atoms with E-state index in [9.17, 15) is 23.3 Å². The second kappa shape index (κ2) is 5.20. The van der Waals surface area contributed by atoms with Gasteiger partial charge in [0.2, 0.25) is 0 Å². The minimum atomic E-state index is -4.62. The average molecular weight is 283 g/mol. The largest absolute Gasteiger partial charge is 1.00 e. The van der Waals surface area contributed by atoms with Crippen molar-refractivity contribution in [1.29, 1.82) is 0 Å². The molecule has 0 fully saturated rings. The van der Waals surface area contributed by atoms with E-state index in [1.54, 1.807) is 24.3 Å². The van der Waals surface area contributed by atoms with Crippen LogP contribution in [-0.2, 0) is 6.18 Å². The maximum Gasteiger partial charge on any atom is 1.00 e. The number of hydrogen-bond acceptors (Lipinski definition) is 3. The van der Waals surface area contributed by atoms with Crippen molar-refractivity contribution in [2.24, 2.45) is 0 Å². The van der Waals surface area contributed by atoms with Crippen molar-refractivity contribution in [1.82, 2.24) is 0 Å². The van der Waals surface area contributed by atoms with Crippen LogP contribution in [0.1, 0.15) is 6.99 Å². The summed E-state index contributed by atoms with van der Waals surface area (Å²) in [6, 6.07) is 2.44. The van der Waals surface area contributed by atoms with Gasteiger partial charge in [-0.3, -0.25) is 10.1 Å². The average Bonchev–Trinajstić information content (AvgIpc) is 2.65. The van der Waals surface area contributed by atoms with Crippen molar-refractivity contribution >= 4 is 11.4 Å². The molecule has 0 aliphatic carbocycles. The van der Waals surface area contributed by atoms with Crippen molar-refractivity contribution in [3.05, 3.63) is 70.6 Å². The SMILES string of the molecule is O=[N+]([O-])c1cc(C(F)(F)F)ccc1N1C=CC=CC=C1.[H+]. The fourth-order valence-corrected chi connectivity index (χ4v) is 1.69. The smallest absolute Gasteiger partial charge is 0.318 e. The summed E-state index contributed by atoms with van der Waals surface area (Å²) in [5.41, 5.74) is -1.58. The van der Waals surface area contributed by atoms with Crippen LogP contribution < -0.4 is 4.90 Å². The molecule has 1 aliphatic heterocycles. The summed E-state index contributed by atoms with van der Waals surface area (Å²) in [7, 11) is 0. The Morgan fingerprint density at radius 1 is 1.10 bits per heavy atom. The monoisotopic (exact) mass is 283 g/mol. The van der Waals surface area contributed by atoms with Crippen LogP contribution >= 0.6 is 0 Å². The van der Waals surface area contributed by atoms with Crippen molar-refractivity contribution < 1.29 is 19.5 Å². The molecule has 2 rings (SSSR count). The number of nitrogens with zero attached hydrogens (tertiary/aromatic N) is 2. The minimum absolute atomic E-state index is 0. The molecule has 1 heterocycles. The molecule has 0 saturated heterocycles. The number of allylic oxidation sites excluding steroid dienone is 4. The normalized spacial score (nSPS) is 14.4. The molecule has 104 valence electrons. The summed E-state index contributed by atoms with van der Waals surface area (Å²) in [6.07, 6.45) is 5.09. The highest BCUT2D eigenvalue weighted by Crippen LogP contribution is 2.36. The van der Waals surface area contributed by atoms with Crippen molar-refractivity contribution in [2.75, 3.05) is 4.90 Å². The van der Waals surface area contributed by atoms with Crippen LogP contribution in [0.3, 0.4) is 0 Å². The van der Waals surface area contributed by atoms with Gasteiger partial charge in [0, 0.05) is 18.5 Å². The Bertz CT molecular complexity index is 608. The Labute approximate surface area is 113 Å². The van der Waals surface area contributed by atoms with Gasteiger partial charge in [-0.2, -0.15) is 13.2 Å². The quantitative estimate of drug-likeness (QED) is 0.605. The summed E-state index contributed by atoms with van der Waals surface area (Å²) >= 11 is 0. The van der Waals surface area contributed by atoms with Crippen LogP contribution in [0.15, 0.2) is 54.9 Å². The maximum atomic E-state index is 12.6. The van der Waals surface area contributed by atoms with E-state index < -0.39 is 22.4 Å². The molecular weight excluding hydrogens is 273 g/mol. The third-order valence-electron chi connectivity index (χ3n) is 2.60. The van der Waals surface area contributed by atoms with Gasteiger partial charge in [-0.1, -0.05) is 12.2 Å². The van der Waals surface area contributed by atoms with Crippen LogP contribution in [0.25, 0.3) is 0 Å². The van der Waals surface area contributed by atoms with Gasteiger partial charge in [-0.05, 0) is 24.3 Å². The fraction of sp³-hybridized carbons (Fsp3) is 0.0769. The fourth-order valence-electron chi connectivity index (χ4n) is 1.69. The Morgan fingerprint density at radius 3 is 2.20 bits per heavy atom. The molecule has 1 aliphatic rings. The lowest BCUT2D eigenvalue weighted by atomic mass is 10.1. The molecule has 1 aromatic carbocycles. The highest BCUT2D eigenvalue weighted by atomic mass is 19.4. The van der Waals surface area contributed by atoms with Gasteiger partial charge in [0.25, 0.3) is 5.69 Å². The molecule has 0 bridgehead atoms. The zero-order chi connectivity index (χ0) is 14.8. The van der Waals surface area contributed by atoms with Crippen molar-refractivity contribution in [3.63, 3.8) is 0 Å². The number of nitro benzene ring substituents is 1. The summed E-state index contributed by atoms with van der Waals surface area (Å²) in [5.74, 6) is 0. The summed E-state index contributed by atoms with van der Waals surface area (Å²) < 4.78 is 37.8. The second-order valence-electron chi connectivity index (χ2n) is 3.93. The molecule has 7 heteroatoms. The predicted octanol–water partition coefficient (Wildman–Crippen LogP) is 4.13. The lowest BCUT2D eigenvalue weighted by Gasteiger charge is -2.16. The standard InChI is InChI=1S/C13H9F3N2O2/c14-13(15,16)10-5-6-11(12(9-10)18(19)20)17-7-3-1-2-4-8-17/h1-9H/p+1. The number of halogens is 3. The summed E-state index contributed by atoms with van der Waals surface area (Å²) in [4.78, 5) is 11.5. The number of benzene rings is 1. The Balaban J connectivity index is 0.00000220. The number of anilines is 1. The first kappa shape index (κ1) is 13.9. The van der Waals surface area contributed by atoms with E-state index in [2.05, 4.69) is 0 Å². The molecule has 0 atom stereocenters. The molecule has 4 nitrogen and oxygen atoms in total. The van der Waals surface area contributed by atoms with Gasteiger partial charge in [-0.15, -0.1) is 0 Å². The van der Waals surface area contributed by atoms with E-state index in [0.717, 1.165) is 12.1 Å². The molecule has 0 unspecified atom stereocenters. The van der Waals surface area contributed by atoms with Crippen molar-refractivity contribution in [3.8, 4) is 0 Å². The molecular formula is C13H10F3N2O2+. The lowest BCUT2D eigenvalue weighted by molar-refractivity contribution is -0.384. The first-order valence-corrected chi connectivity index (χ1v) is 5.55. The third kappa shape index (κ3) is 2.87. The first-order chi connectivity index (χ1) is 9.39. The lowest BCUT2D eigenvalue weighted by Crippen LogP contribution is -2.11. The van der Waals surface area contributed by atoms with Gasteiger partial charge in [0.15, 0.2) is 0 Å². The molecule has 0 spiro atoms. The second-order valence-corrected chi connectivity index (χ2v) is 3.93. The van der Waals surface area contributed by atoms with Gasteiger partial charge < -0.3 is 4.90 Å². The molecule has 0 radical (unpaired) electrons. The van der Waals surface area contributed by atoms with E-state index in [0.29, 0.717) is 6.07 Å². The maximum absolute atomic E-state index is 12.6. The number of nitro groups is 1. The van der Waals surface area contributed by atoms with E-state index in [1.807, 2.05) is 0 Å². The molecule has 20 heavy (non-hydrogen) atoms. The molecule has 1 aromatic rings. The van der Waals surface area contributed by atoms with Crippen LogP contribution in [0.5, 0.6) is 0 Å². The molecule has 0 saturated carbocycles. The Morgan fingerprint density at radius 2 is 1.70 bits per heavy atom. The van der Waals surface area contributed by atoms with E-state index in [1.165, 1.54) is 17.3 Å². The van der Waals surface area contributed by atoms with Gasteiger partial charge in [0.05, 0.1) is 10.5 Å². The Kier molecular flexibility index (Phi) is 3.60. The number of rotatable bonds is 2. The van der Waals surface area contributed by atoms with Crippen LogP contribution in [0.2, 0.25) is 0 Å². The zero-order valence-corrected chi connectivity index (χ0v) is 10.0. The molecule has 0 amide bonds. The zero-order valence-electron chi connectivity index (χ0n) is 11.0. The molecule has 0 N–H and O–H groups in total. The number of hydrogen-bond donors (Lipinski definition) is 0. The van der Waals surface area contributed by atoms with Crippen LogP contribution in [-0.4, -0.2) is 4.92 Å². The molecule has 0 aromatic heterocycles. The van der Waals surface area contributed by atoms with Crippen molar-refractivity contribution in [2.45, 2.75) is 6.18 Å². The van der Waals surface area contributed by atoms with Gasteiger partial charge >= 0.3 is 7.60 Å². The summed E-state index contributed by atoms with van der Waals surface area (Å²) in [5, 5.41) is 11.0. The van der Waals surface area contributed by atoms with Crippen LogP contribution in [0.4, 0.5) is 24.5 Å². The van der Waals surface area contributed by atoms with Crippen LogP contribution in [0, 0.1) is 10.1 Å².